The molecule has 0 radical (unpaired) electrons. The van der Waals surface area contributed by atoms with Crippen LogP contribution in [0.25, 0.3) is 0 Å². The SMILES string of the molecule is Cl.O=C1Nc2c(Cl)cc(Cl)cc2C1=O. The summed E-state index contributed by atoms with van der Waals surface area (Å²) >= 11 is 11.4. The van der Waals surface area contributed by atoms with Crippen LogP contribution in [0.2, 0.25) is 10.0 Å². The lowest BCUT2D eigenvalue weighted by Crippen LogP contribution is -2.12. The monoisotopic (exact) mass is 251 g/mol. The van der Waals surface area contributed by atoms with Gasteiger partial charge in [0.1, 0.15) is 0 Å². The van der Waals surface area contributed by atoms with E-state index >= 15 is 0 Å². The van der Waals surface area contributed by atoms with E-state index < -0.39 is 11.7 Å². The number of carbonyl (C=O) groups excluding carboxylic acids is 2. The van der Waals surface area contributed by atoms with Gasteiger partial charge in [0.2, 0.25) is 0 Å². The van der Waals surface area contributed by atoms with Crippen LogP contribution in [-0.4, -0.2) is 11.7 Å². The largest absolute Gasteiger partial charge is 0.317 e. The molecule has 0 saturated heterocycles. The minimum atomic E-state index is -0.667. The van der Waals surface area contributed by atoms with Gasteiger partial charge in [0.25, 0.3) is 11.7 Å². The third kappa shape index (κ3) is 1.59. The molecule has 74 valence electrons. The van der Waals surface area contributed by atoms with E-state index in [9.17, 15) is 9.59 Å². The summed E-state index contributed by atoms with van der Waals surface area (Å²) in [6.07, 6.45) is 0. The first-order valence-electron chi connectivity index (χ1n) is 3.44. The fraction of sp³-hybridized carbons (Fsp3) is 0. The highest BCUT2D eigenvalue weighted by Gasteiger charge is 2.29. The zero-order chi connectivity index (χ0) is 9.59. The van der Waals surface area contributed by atoms with Crippen LogP contribution >= 0.6 is 35.6 Å². The Balaban J connectivity index is 0.000000980. The maximum absolute atomic E-state index is 11.2. The highest BCUT2D eigenvalue weighted by Crippen LogP contribution is 2.33. The zero-order valence-electron chi connectivity index (χ0n) is 6.64. The molecular formula is C8H4Cl3NO2. The Hall–Kier alpha value is -0.770. The molecule has 1 aliphatic rings. The fourth-order valence-corrected chi connectivity index (χ4v) is 1.71. The number of carbonyl (C=O) groups is 2. The second kappa shape index (κ2) is 3.77. The molecule has 1 aliphatic heterocycles. The number of amides is 1. The Labute approximate surface area is 95.8 Å². The molecule has 1 N–H and O–H groups in total. The van der Waals surface area contributed by atoms with E-state index in [1.54, 1.807) is 0 Å². The Kier molecular flexibility index (Phi) is 3.04. The van der Waals surface area contributed by atoms with E-state index in [0.717, 1.165) is 0 Å². The maximum atomic E-state index is 11.2. The number of benzene rings is 1. The number of rotatable bonds is 0. The van der Waals surface area contributed by atoms with Crippen LogP contribution in [0.15, 0.2) is 12.1 Å². The van der Waals surface area contributed by atoms with E-state index in [2.05, 4.69) is 5.32 Å². The van der Waals surface area contributed by atoms with Crippen molar-refractivity contribution < 1.29 is 9.59 Å². The number of hydrogen-bond acceptors (Lipinski definition) is 2. The molecule has 1 heterocycles. The number of halogens is 3. The van der Waals surface area contributed by atoms with Crippen molar-refractivity contribution in [1.82, 2.24) is 0 Å². The molecule has 2 rings (SSSR count). The molecule has 1 amide bonds. The first-order chi connectivity index (χ1) is 6.09. The van der Waals surface area contributed by atoms with Crippen LogP contribution in [0.4, 0.5) is 5.69 Å². The summed E-state index contributed by atoms with van der Waals surface area (Å²) in [7, 11) is 0. The van der Waals surface area contributed by atoms with Crippen molar-refractivity contribution in [1.29, 1.82) is 0 Å². The molecule has 14 heavy (non-hydrogen) atoms. The topological polar surface area (TPSA) is 46.2 Å². The Morgan fingerprint density at radius 3 is 2.43 bits per heavy atom. The van der Waals surface area contributed by atoms with Crippen LogP contribution < -0.4 is 5.32 Å². The average Bonchev–Trinajstić information content (AvgIpc) is 2.32. The van der Waals surface area contributed by atoms with Gasteiger partial charge in [0, 0.05) is 5.02 Å². The minimum absolute atomic E-state index is 0. The van der Waals surface area contributed by atoms with Gasteiger partial charge in [0.15, 0.2) is 0 Å². The third-order valence-corrected chi connectivity index (χ3v) is 2.26. The highest BCUT2D eigenvalue weighted by molar-refractivity contribution is 6.54. The molecule has 3 nitrogen and oxygen atoms in total. The number of fused-ring (bicyclic) bond motifs is 1. The van der Waals surface area contributed by atoms with Crippen LogP contribution in [0.5, 0.6) is 0 Å². The molecule has 0 aliphatic carbocycles. The summed E-state index contributed by atoms with van der Waals surface area (Å²) in [4.78, 5) is 22.1. The van der Waals surface area contributed by atoms with Gasteiger partial charge in [0.05, 0.1) is 16.3 Å². The number of ketones is 1. The van der Waals surface area contributed by atoms with E-state index in [-0.39, 0.29) is 23.0 Å². The van der Waals surface area contributed by atoms with Gasteiger partial charge in [-0.25, -0.2) is 0 Å². The van der Waals surface area contributed by atoms with Crippen molar-refractivity contribution in [2.45, 2.75) is 0 Å². The van der Waals surface area contributed by atoms with Crippen LogP contribution in [0.1, 0.15) is 10.4 Å². The molecule has 0 aromatic heterocycles. The lowest BCUT2D eigenvalue weighted by atomic mass is 10.1. The summed E-state index contributed by atoms with van der Waals surface area (Å²) in [6.45, 7) is 0. The summed E-state index contributed by atoms with van der Waals surface area (Å²) < 4.78 is 0. The van der Waals surface area contributed by atoms with Gasteiger partial charge >= 0.3 is 0 Å². The van der Waals surface area contributed by atoms with Crippen LogP contribution in [0, 0.1) is 0 Å². The summed E-state index contributed by atoms with van der Waals surface area (Å²) in [5.74, 6) is -1.27. The number of hydrogen-bond donors (Lipinski definition) is 1. The predicted octanol–water partition coefficient (Wildman–Crippen LogP) is 2.55. The lowest BCUT2D eigenvalue weighted by Gasteiger charge is -1.99. The van der Waals surface area contributed by atoms with Crippen molar-refractivity contribution in [3.05, 3.63) is 27.7 Å². The Morgan fingerprint density at radius 2 is 1.79 bits per heavy atom. The fourth-order valence-electron chi connectivity index (χ4n) is 1.17. The van der Waals surface area contributed by atoms with Crippen molar-refractivity contribution in [3.8, 4) is 0 Å². The summed E-state index contributed by atoms with van der Waals surface area (Å²) in [6, 6.07) is 2.89. The molecular weight excluding hydrogens is 248 g/mol. The molecule has 0 atom stereocenters. The number of anilines is 1. The minimum Gasteiger partial charge on any atom is -0.317 e. The van der Waals surface area contributed by atoms with E-state index in [1.165, 1.54) is 12.1 Å². The highest BCUT2D eigenvalue weighted by atomic mass is 35.5. The maximum Gasteiger partial charge on any atom is 0.296 e. The number of nitrogens with one attached hydrogen (secondary N) is 1. The predicted molar refractivity (Wildman–Crippen MR) is 56.7 cm³/mol. The standard InChI is InChI=1S/C8H3Cl2NO2.ClH/c9-3-1-4-6(5(10)2-3)11-8(13)7(4)12;/h1-2H,(H,11,12,13);1H. The zero-order valence-corrected chi connectivity index (χ0v) is 8.96. The normalized spacial score (nSPS) is 13.3. The number of Topliss-reactive ketones (excluding diaryl/α,β-unsaturated/α-hetero) is 1. The van der Waals surface area contributed by atoms with Crippen molar-refractivity contribution in [2.24, 2.45) is 0 Å². The van der Waals surface area contributed by atoms with Crippen molar-refractivity contribution >= 4 is 53.0 Å². The first-order valence-corrected chi connectivity index (χ1v) is 4.20. The second-order valence-electron chi connectivity index (χ2n) is 2.59. The van der Waals surface area contributed by atoms with Gasteiger partial charge in [-0.15, -0.1) is 12.4 Å². The molecule has 0 bridgehead atoms. The second-order valence-corrected chi connectivity index (χ2v) is 3.44. The van der Waals surface area contributed by atoms with Crippen LogP contribution in [0.3, 0.4) is 0 Å². The van der Waals surface area contributed by atoms with Crippen molar-refractivity contribution in [2.75, 3.05) is 5.32 Å². The summed E-state index contributed by atoms with van der Waals surface area (Å²) in [5.41, 5.74) is 0.587. The van der Waals surface area contributed by atoms with Gasteiger partial charge in [-0.2, -0.15) is 0 Å². The van der Waals surface area contributed by atoms with E-state index in [1.807, 2.05) is 0 Å². The Bertz CT molecular complexity index is 431. The molecule has 0 spiro atoms. The molecule has 6 heteroatoms. The molecule has 0 saturated carbocycles. The van der Waals surface area contributed by atoms with Gasteiger partial charge in [-0.3, -0.25) is 9.59 Å². The molecule has 0 fully saturated rings. The van der Waals surface area contributed by atoms with Crippen LogP contribution in [-0.2, 0) is 4.79 Å². The first kappa shape index (κ1) is 11.3. The lowest BCUT2D eigenvalue weighted by molar-refractivity contribution is -0.112. The van der Waals surface area contributed by atoms with Gasteiger partial charge in [-0.05, 0) is 12.1 Å². The van der Waals surface area contributed by atoms with Gasteiger partial charge < -0.3 is 5.32 Å². The Morgan fingerprint density at radius 1 is 1.14 bits per heavy atom. The van der Waals surface area contributed by atoms with Crippen molar-refractivity contribution in [3.63, 3.8) is 0 Å². The van der Waals surface area contributed by atoms with E-state index in [0.29, 0.717) is 10.7 Å². The smallest absolute Gasteiger partial charge is 0.296 e. The third-order valence-electron chi connectivity index (χ3n) is 1.74. The van der Waals surface area contributed by atoms with E-state index in [4.69, 9.17) is 23.2 Å². The van der Waals surface area contributed by atoms with Gasteiger partial charge in [-0.1, -0.05) is 23.2 Å². The molecule has 0 unspecified atom stereocenters. The average molecular weight is 252 g/mol. The molecule has 1 aromatic carbocycles. The quantitative estimate of drug-likeness (QED) is 0.721. The molecule has 1 aromatic rings. The summed E-state index contributed by atoms with van der Waals surface area (Å²) in [5, 5.41) is 2.98.